The number of anilines is 3. The number of amides is 1. The van der Waals surface area contributed by atoms with Gasteiger partial charge in [-0.2, -0.15) is 0 Å². The molecule has 148 valence electrons. The number of hydrogen-bond acceptors (Lipinski definition) is 5. The lowest BCUT2D eigenvalue weighted by Crippen LogP contribution is -2.26. The Balaban J connectivity index is 1.91. The van der Waals surface area contributed by atoms with Crippen LogP contribution in [0.15, 0.2) is 97.6 Å². The number of carbonyl (C=O) groups is 1. The van der Waals surface area contributed by atoms with Gasteiger partial charge in [0.05, 0.1) is 6.04 Å². The monoisotopic (exact) mass is 397 g/mol. The first-order chi connectivity index (χ1) is 14.7. The maximum Gasteiger partial charge on any atom is 0.410 e. The van der Waals surface area contributed by atoms with Gasteiger partial charge in [-0.05, 0) is 47.5 Å². The molecule has 0 saturated carbocycles. The maximum atomic E-state index is 11.1. The summed E-state index contributed by atoms with van der Waals surface area (Å²) in [6, 6.07) is 22.5. The first-order valence-corrected chi connectivity index (χ1v) is 9.33. The lowest BCUT2D eigenvalue weighted by Gasteiger charge is -2.33. The number of pyridine rings is 3. The normalized spacial score (nSPS) is 10.6. The van der Waals surface area contributed by atoms with Crippen molar-refractivity contribution < 1.29 is 9.90 Å². The molecule has 0 bridgehead atoms. The van der Waals surface area contributed by atoms with E-state index in [1.54, 1.807) is 24.5 Å². The van der Waals surface area contributed by atoms with Gasteiger partial charge < -0.3 is 10.0 Å². The van der Waals surface area contributed by atoms with E-state index in [0.29, 0.717) is 5.82 Å². The Morgan fingerprint density at radius 3 is 2.07 bits per heavy atom. The number of benzene rings is 1. The van der Waals surface area contributed by atoms with Crippen molar-refractivity contribution in [3.63, 3.8) is 0 Å². The fraction of sp³-hybridized carbons (Fsp3) is 0.0435. The zero-order chi connectivity index (χ0) is 20.8. The van der Waals surface area contributed by atoms with Crippen LogP contribution < -0.4 is 10.2 Å². The van der Waals surface area contributed by atoms with Crippen molar-refractivity contribution in [2.24, 2.45) is 0 Å². The largest absolute Gasteiger partial charge is 0.465 e. The molecule has 0 spiro atoms. The van der Waals surface area contributed by atoms with E-state index in [9.17, 15) is 4.79 Å². The summed E-state index contributed by atoms with van der Waals surface area (Å²) in [5.41, 5.74) is 2.80. The highest BCUT2D eigenvalue weighted by Crippen LogP contribution is 2.38. The van der Waals surface area contributed by atoms with Crippen molar-refractivity contribution in [2.45, 2.75) is 6.04 Å². The van der Waals surface area contributed by atoms with Crippen LogP contribution in [0.3, 0.4) is 0 Å². The van der Waals surface area contributed by atoms with E-state index in [4.69, 9.17) is 5.11 Å². The predicted octanol–water partition coefficient (Wildman–Crippen LogP) is 4.89. The minimum atomic E-state index is -1.16. The molecule has 30 heavy (non-hydrogen) atoms. The number of nitrogens with zero attached hydrogens (tertiary/aromatic N) is 4. The first kappa shape index (κ1) is 19.1. The molecule has 1 aromatic carbocycles. The molecule has 0 unspecified atom stereocenters. The summed E-state index contributed by atoms with van der Waals surface area (Å²) < 4.78 is 0. The molecule has 0 fully saturated rings. The van der Waals surface area contributed by atoms with Crippen LogP contribution in [0.4, 0.5) is 22.1 Å². The summed E-state index contributed by atoms with van der Waals surface area (Å²) >= 11 is 0. The van der Waals surface area contributed by atoms with E-state index >= 15 is 0 Å². The van der Waals surface area contributed by atoms with Crippen LogP contribution in [0.2, 0.25) is 0 Å². The van der Waals surface area contributed by atoms with Gasteiger partial charge in [0, 0.05) is 30.5 Å². The summed E-state index contributed by atoms with van der Waals surface area (Å²) in [6.45, 7) is 0. The molecule has 4 rings (SSSR count). The predicted molar refractivity (Wildman–Crippen MR) is 115 cm³/mol. The quantitative estimate of drug-likeness (QED) is 0.481. The van der Waals surface area contributed by atoms with Crippen molar-refractivity contribution in [1.29, 1.82) is 0 Å². The fourth-order valence-corrected chi connectivity index (χ4v) is 3.30. The SMILES string of the molecule is O=C(O)Nc1cccc(N(c2ccccc2)C(c2cccnc2)c2cccnc2)n1. The Kier molecular flexibility index (Phi) is 5.61. The molecule has 1 amide bonds. The van der Waals surface area contributed by atoms with Crippen LogP contribution in [0, 0.1) is 0 Å². The van der Waals surface area contributed by atoms with E-state index in [1.807, 2.05) is 78.0 Å². The number of aromatic nitrogens is 3. The first-order valence-electron chi connectivity index (χ1n) is 9.33. The van der Waals surface area contributed by atoms with Crippen molar-refractivity contribution in [1.82, 2.24) is 15.0 Å². The van der Waals surface area contributed by atoms with Crippen LogP contribution >= 0.6 is 0 Å². The van der Waals surface area contributed by atoms with E-state index < -0.39 is 6.09 Å². The highest BCUT2D eigenvalue weighted by atomic mass is 16.4. The minimum absolute atomic E-state index is 0.247. The second-order valence-electron chi connectivity index (χ2n) is 6.49. The van der Waals surface area contributed by atoms with Crippen molar-refractivity contribution >= 4 is 23.4 Å². The van der Waals surface area contributed by atoms with Gasteiger partial charge >= 0.3 is 6.09 Å². The molecule has 0 atom stereocenters. The molecule has 3 aromatic heterocycles. The molecule has 0 radical (unpaired) electrons. The topological polar surface area (TPSA) is 91.2 Å². The number of rotatable bonds is 6. The molecule has 7 heteroatoms. The van der Waals surface area contributed by atoms with Crippen LogP contribution in [0.25, 0.3) is 0 Å². The minimum Gasteiger partial charge on any atom is -0.465 e. The summed E-state index contributed by atoms with van der Waals surface area (Å²) in [5.74, 6) is 0.835. The smallest absolute Gasteiger partial charge is 0.410 e. The van der Waals surface area contributed by atoms with Gasteiger partial charge in [-0.25, -0.2) is 9.78 Å². The molecule has 0 aliphatic carbocycles. The average molecular weight is 397 g/mol. The fourth-order valence-electron chi connectivity index (χ4n) is 3.30. The second-order valence-corrected chi connectivity index (χ2v) is 6.49. The van der Waals surface area contributed by atoms with Gasteiger partial charge in [0.15, 0.2) is 0 Å². The molecule has 7 nitrogen and oxygen atoms in total. The van der Waals surface area contributed by atoms with Crippen molar-refractivity contribution in [3.05, 3.63) is 109 Å². The van der Waals surface area contributed by atoms with Gasteiger partial charge in [0.25, 0.3) is 0 Å². The Morgan fingerprint density at radius 2 is 1.50 bits per heavy atom. The van der Waals surface area contributed by atoms with Crippen LogP contribution in [0.5, 0.6) is 0 Å². The Hall–Kier alpha value is -4.26. The number of carboxylic acid groups (broad SMARTS) is 1. The van der Waals surface area contributed by atoms with Gasteiger partial charge in [-0.1, -0.05) is 36.4 Å². The molecule has 3 heterocycles. The Morgan fingerprint density at radius 1 is 0.833 bits per heavy atom. The lowest BCUT2D eigenvalue weighted by molar-refractivity contribution is 0.209. The molecule has 0 saturated heterocycles. The second kappa shape index (κ2) is 8.83. The zero-order valence-corrected chi connectivity index (χ0v) is 16.0. The standard InChI is InChI=1S/C23H19N5O2/c29-23(30)27-20-11-4-12-21(26-20)28(19-9-2-1-3-10-19)22(17-7-5-13-24-15-17)18-8-6-14-25-16-18/h1-16,22H,(H,26,27)(H,29,30). The highest BCUT2D eigenvalue weighted by molar-refractivity contribution is 5.82. The molecule has 2 N–H and O–H groups in total. The summed E-state index contributed by atoms with van der Waals surface area (Å²) in [6.07, 6.45) is 5.92. The molecule has 4 aromatic rings. The van der Waals surface area contributed by atoms with Gasteiger partial charge in [0.2, 0.25) is 0 Å². The van der Waals surface area contributed by atoms with E-state index in [0.717, 1.165) is 16.8 Å². The Labute approximate surface area is 173 Å². The average Bonchev–Trinajstić information content (AvgIpc) is 2.79. The number of hydrogen-bond donors (Lipinski definition) is 2. The van der Waals surface area contributed by atoms with Gasteiger partial charge in [-0.15, -0.1) is 0 Å². The van der Waals surface area contributed by atoms with Crippen LogP contribution in [-0.2, 0) is 0 Å². The highest BCUT2D eigenvalue weighted by Gasteiger charge is 2.26. The molecular formula is C23H19N5O2. The third-order valence-corrected chi connectivity index (χ3v) is 4.51. The number of nitrogens with one attached hydrogen (secondary N) is 1. The van der Waals surface area contributed by atoms with Crippen LogP contribution in [0.1, 0.15) is 17.2 Å². The van der Waals surface area contributed by atoms with Gasteiger partial charge in [0.1, 0.15) is 11.6 Å². The maximum absolute atomic E-state index is 11.1. The van der Waals surface area contributed by atoms with Crippen molar-refractivity contribution in [2.75, 3.05) is 10.2 Å². The third-order valence-electron chi connectivity index (χ3n) is 4.51. The molecule has 0 aliphatic rings. The Bertz CT molecular complexity index is 1070. The number of para-hydroxylation sites is 1. The molecular weight excluding hydrogens is 378 g/mol. The summed E-state index contributed by atoms with van der Waals surface area (Å²) in [7, 11) is 0. The van der Waals surface area contributed by atoms with E-state index in [-0.39, 0.29) is 11.9 Å². The van der Waals surface area contributed by atoms with E-state index in [2.05, 4.69) is 20.3 Å². The summed E-state index contributed by atoms with van der Waals surface area (Å²) in [5, 5.41) is 11.4. The van der Waals surface area contributed by atoms with E-state index in [1.165, 1.54) is 0 Å². The van der Waals surface area contributed by atoms with Crippen molar-refractivity contribution in [3.8, 4) is 0 Å². The zero-order valence-electron chi connectivity index (χ0n) is 16.0. The lowest BCUT2D eigenvalue weighted by atomic mass is 9.99. The van der Waals surface area contributed by atoms with Crippen LogP contribution in [-0.4, -0.2) is 26.2 Å². The molecule has 0 aliphatic heterocycles. The van der Waals surface area contributed by atoms with Gasteiger partial charge in [-0.3, -0.25) is 15.3 Å². The third kappa shape index (κ3) is 4.25. The summed E-state index contributed by atoms with van der Waals surface area (Å²) in [4.78, 5) is 26.3.